The Balaban J connectivity index is 2.43. The lowest BCUT2D eigenvalue weighted by molar-refractivity contribution is 0.0967. The first-order valence-electron chi connectivity index (χ1n) is 7.74. The first-order chi connectivity index (χ1) is 8.49. The van der Waals surface area contributed by atoms with Gasteiger partial charge in [-0.1, -0.05) is 20.8 Å². The molecule has 0 aromatic heterocycles. The molecule has 0 aromatic carbocycles. The van der Waals surface area contributed by atoms with Crippen molar-refractivity contribution in [3.8, 4) is 0 Å². The largest absolute Gasteiger partial charge is 0.382 e. The molecule has 1 saturated carbocycles. The van der Waals surface area contributed by atoms with E-state index in [1.54, 1.807) is 0 Å². The van der Waals surface area contributed by atoms with Crippen LogP contribution in [-0.2, 0) is 4.74 Å². The van der Waals surface area contributed by atoms with Crippen LogP contribution in [0.5, 0.6) is 0 Å². The number of hydrogen-bond donors (Lipinski definition) is 1. The standard InChI is InChI=1S/C16H33NO/c1-6-18-11-7-8-13-12-14(16(2,3)4)9-10-15(13)17-5/h13-15,17H,6-12H2,1-5H3. The van der Waals surface area contributed by atoms with Gasteiger partial charge in [-0.2, -0.15) is 0 Å². The van der Waals surface area contributed by atoms with E-state index in [9.17, 15) is 0 Å². The van der Waals surface area contributed by atoms with Crippen LogP contribution in [0.25, 0.3) is 0 Å². The van der Waals surface area contributed by atoms with Gasteiger partial charge in [0.1, 0.15) is 0 Å². The van der Waals surface area contributed by atoms with E-state index in [0.29, 0.717) is 5.41 Å². The Labute approximate surface area is 114 Å². The summed E-state index contributed by atoms with van der Waals surface area (Å²) in [4.78, 5) is 0. The maximum absolute atomic E-state index is 5.47. The van der Waals surface area contributed by atoms with E-state index in [1.807, 2.05) is 0 Å². The van der Waals surface area contributed by atoms with E-state index in [-0.39, 0.29) is 0 Å². The molecule has 1 aliphatic carbocycles. The van der Waals surface area contributed by atoms with E-state index in [4.69, 9.17) is 4.74 Å². The second-order valence-electron chi connectivity index (χ2n) is 6.87. The molecule has 0 radical (unpaired) electrons. The van der Waals surface area contributed by atoms with E-state index >= 15 is 0 Å². The summed E-state index contributed by atoms with van der Waals surface area (Å²) in [5.41, 5.74) is 0.469. The Morgan fingerprint density at radius 3 is 2.50 bits per heavy atom. The normalized spacial score (nSPS) is 29.5. The summed E-state index contributed by atoms with van der Waals surface area (Å²) in [6, 6.07) is 0.727. The van der Waals surface area contributed by atoms with Gasteiger partial charge in [0.15, 0.2) is 0 Å². The molecule has 0 aromatic rings. The first-order valence-corrected chi connectivity index (χ1v) is 7.74. The molecule has 1 N–H and O–H groups in total. The van der Waals surface area contributed by atoms with Crippen molar-refractivity contribution in [2.24, 2.45) is 17.3 Å². The molecule has 2 heteroatoms. The molecule has 18 heavy (non-hydrogen) atoms. The van der Waals surface area contributed by atoms with Crippen molar-refractivity contribution in [1.82, 2.24) is 5.32 Å². The summed E-state index contributed by atoms with van der Waals surface area (Å²) in [5.74, 6) is 1.73. The summed E-state index contributed by atoms with van der Waals surface area (Å²) in [7, 11) is 2.12. The minimum Gasteiger partial charge on any atom is -0.382 e. The Morgan fingerprint density at radius 1 is 1.22 bits per heavy atom. The Kier molecular flexibility index (Phi) is 6.65. The molecule has 3 atom stereocenters. The van der Waals surface area contributed by atoms with E-state index in [2.05, 4.69) is 40.1 Å². The fourth-order valence-electron chi connectivity index (χ4n) is 3.34. The Morgan fingerprint density at radius 2 is 1.94 bits per heavy atom. The fourth-order valence-corrected chi connectivity index (χ4v) is 3.34. The van der Waals surface area contributed by atoms with Gasteiger partial charge in [-0.25, -0.2) is 0 Å². The molecule has 0 bridgehead atoms. The summed E-state index contributed by atoms with van der Waals surface area (Å²) < 4.78 is 5.47. The molecule has 1 aliphatic rings. The van der Waals surface area contributed by atoms with Crippen molar-refractivity contribution in [3.63, 3.8) is 0 Å². The smallest absolute Gasteiger partial charge is 0.0466 e. The van der Waals surface area contributed by atoms with Crippen LogP contribution in [-0.4, -0.2) is 26.3 Å². The maximum Gasteiger partial charge on any atom is 0.0466 e. The van der Waals surface area contributed by atoms with Gasteiger partial charge in [0, 0.05) is 19.3 Å². The van der Waals surface area contributed by atoms with Gasteiger partial charge in [-0.3, -0.25) is 0 Å². The van der Waals surface area contributed by atoms with Gasteiger partial charge in [-0.15, -0.1) is 0 Å². The topological polar surface area (TPSA) is 21.3 Å². The SMILES string of the molecule is CCOCCCC1CC(C(C)(C)C)CCC1NC. The minimum atomic E-state index is 0.469. The lowest BCUT2D eigenvalue weighted by Gasteiger charge is -2.42. The predicted molar refractivity (Wildman–Crippen MR) is 78.9 cm³/mol. The number of nitrogens with one attached hydrogen (secondary N) is 1. The summed E-state index contributed by atoms with van der Waals surface area (Å²) in [6.07, 6.45) is 6.65. The summed E-state index contributed by atoms with van der Waals surface area (Å²) in [6.45, 7) is 11.1. The van der Waals surface area contributed by atoms with Crippen molar-refractivity contribution in [2.45, 2.75) is 65.8 Å². The highest BCUT2D eigenvalue weighted by Gasteiger charge is 2.34. The van der Waals surface area contributed by atoms with Crippen LogP contribution < -0.4 is 5.32 Å². The van der Waals surface area contributed by atoms with Crippen LogP contribution in [0.2, 0.25) is 0 Å². The van der Waals surface area contributed by atoms with Gasteiger partial charge < -0.3 is 10.1 Å². The molecule has 0 aliphatic heterocycles. The summed E-state index contributed by atoms with van der Waals surface area (Å²) in [5, 5.41) is 3.53. The van der Waals surface area contributed by atoms with Gasteiger partial charge in [0.2, 0.25) is 0 Å². The summed E-state index contributed by atoms with van der Waals surface area (Å²) >= 11 is 0. The van der Waals surface area contributed by atoms with Crippen LogP contribution in [0.4, 0.5) is 0 Å². The zero-order chi connectivity index (χ0) is 13.6. The quantitative estimate of drug-likeness (QED) is 0.728. The van der Waals surface area contributed by atoms with Gasteiger partial charge in [0.25, 0.3) is 0 Å². The number of rotatable bonds is 6. The molecule has 1 rings (SSSR count). The van der Waals surface area contributed by atoms with Crippen molar-refractivity contribution < 1.29 is 4.74 Å². The van der Waals surface area contributed by atoms with Gasteiger partial charge >= 0.3 is 0 Å². The third-order valence-electron chi connectivity index (χ3n) is 4.65. The van der Waals surface area contributed by atoms with E-state index < -0.39 is 0 Å². The van der Waals surface area contributed by atoms with Crippen LogP contribution in [0.1, 0.15) is 59.8 Å². The minimum absolute atomic E-state index is 0.469. The third-order valence-corrected chi connectivity index (χ3v) is 4.65. The van der Waals surface area contributed by atoms with Crippen LogP contribution in [0.15, 0.2) is 0 Å². The van der Waals surface area contributed by atoms with Crippen molar-refractivity contribution >= 4 is 0 Å². The van der Waals surface area contributed by atoms with Crippen LogP contribution >= 0.6 is 0 Å². The van der Waals surface area contributed by atoms with Gasteiger partial charge in [0.05, 0.1) is 0 Å². The molecule has 3 unspecified atom stereocenters. The second-order valence-corrected chi connectivity index (χ2v) is 6.87. The number of hydrogen-bond acceptors (Lipinski definition) is 2. The van der Waals surface area contributed by atoms with E-state index in [0.717, 1.165) is 31.1 Å². The fraction of sp³-hybridized carbons (Fsp3) is 1.00. The second kappa shape index (κ2) is 7.49. The third kappa shape index (κ3) is 4.89. The molecule has 0 saturated heterocycles. The Hall–Kier alpha value is -0.0800. The molecule has 1 fully saturated rings. The lowest BCUT2D eigenvalue weighted by Crippen LogP contribution is -2.41. The lowest BCUT2D eigenvalue weighted by atomic mass is 9.66. The Bertz CT molecular complexity index is 222. The predicted octanol–water partition coefficient (Wildman–Crippen LogP) is 3.85. The molecular weight excluding hydrogens is 222 g/mol. The van der Waals surface area contributed by atoms with Crippen molar-refractivity contribution in [3.05, 3.63) is 0 Å². The average molecular weight is 255 g/mol. The zero-order valence-electron chi connectivity index (χ0n) is 13.1. The molecule has 0 amide bonds. The van der Waals surface area contributed by atoms with Crippen LogP contribution in [0, 0.1) is 17.3 Å². The molecule has 2 nitrogen and oxygen atoms in total. The monoisotopic (exact) mass is 255 g/mol. The van der Waals surface area contributed by atoms with Crippen molar-refractivity contribution in [2.75, 3.05) is 20.3 Å². The maximum atomic E-state index is 5.47. The first kappa shape index (κ1) is 16.0. The number of ether oxygens (including phenoxy) is 1. The van der Waals surface area contributed by atoms with Crippen molar-refractivity contribution in [1.29, 1.82) is 0 Å². The molecular formula is C16H33NO. The average Bonchev–Trinajstić information content (AvgIpc) is 2.33. The zero-order valence-corrected chi connectivity index (χ0v) is 13.1. The molecule has 108 valence electrons. The molecule has 0 heterocycles. The highest BCUT2D eigenvalue weighted by Crippen LogP contribution is 2.41. The molecule has 0 spiro atoms. The van der Waals surface area contributed by atoms with E-state index in [1.165, 1.54) is 32.1 Å². The van der Waals surface area contributed by atoms with Gasteiger partial charge in [-0.05, 0) is 63.3 Å². The highest BCUT2D eigenvalue weighted by molar-refractivity contribution is 4.88. The van der Waals surface area contributed by atoms with Crippen LogP contribution in [0.3, 0.4) is 0 Å². The highest BCUT2D eigenvalue weighted by atomic mass is 16.5.